The van der Waals surface area contributed by atoms with Crippen LogP contribution in [0.1, 0.15) is 140 Å². The SMILES string of the molecule is COc1ccccc1-n1cc(-c2ncncc2OCC2CCC(N)CC2)cn1.Cc1ccccc1-n1cc(-c2ncncc2OCC2CCC(N)CC2)cn1.N#Cc1ccccc1-n1cc(-c2ncncc2OCC2CCC(N)CC2)cn1.NC1CCC(COc2cncnc2-c2cnn(-c3c(F)cccc3F)c2)CC1.NC1CCC(COc2cncnc2-c2cnn(-c3ccccc3OC(F)(F)F)c2)CC1. The fraction of sp³-hybridized carbons (Fsp3) is 0.365. The van der Waals surface area contributed by atoms with Gasteiger partial charge in [-0.3, -0.25) is 0 Å². The summed E-state index contributed by atoms with van der Waals surface area (Å²) in [4.78, 5) is 42.3. The molecule has 5 saturated carbocycles. The number of halogens is 5. The summed E-state index contributed by atoms with van der Waals surface area (Å²) in [6.07, 6.45) is 49.2. The van der Waals surface area contributed by atoms with Crippen LogP contribution in [0.25, 0.3) is 84.7 Å². The Hall–Kier alpha value is -14.9. The van der Waals surface area contributed by atoms with Crippen LogP contribution in [-0.4, -0.2) is 175 Å². The molecule has 5 aromatic carbocycles. The lowest BCUT2D eigenvalue weighted by atomic mass is 9.87. The summed E-state index contributed by atoms with van der Waals surface area (Å²) in [7, 11) is 1.65. The average Bonchev–Trinajstić information content (AvgIpc) is 1.68. The summed E-state index contributed by atoms with van der Waals surface area (Å²) >= 11 is 0. The second kappa shape index (κ2) is 48.8. The highest BCUT2D eigenvalue weighted by molar-refractivity contribution is 5.69. The molecule has 10 heterocycles. The Kier molecular flexibility index (Phi) is 34.4. The molecule has 5 aliphatic rings. The molecule has 5 fully saturated rings. The second-order valence-electron chi connectivity index (χ2n) is 36.2. The Morgan fingerprint density at radius 3 is 0.908 bits per heavy atom. The molecule has 38 heteroatoms. The van der Waals surface area contributed by atoms with Crippen molar-refractivity contribution in [1.29, 1.82) is 5.26 Å². The quantitative estimate of drug-likeness (QED) is 0.0298. The van der Waals surface area contributed by atoms with Crippen LogP contribution in [0.5, 0.6) is 40.2 Å². The predicted molar refractivity (Wildman–Crippen MR) is 523 cm³/mol. The van der Waals surface area contributed by atoms with E-state index in [2.05, 4.69) is 105 Å². The number of hydrogen-bond acceptors (Lipinski definition) is 28. The largest absolute Gasteiger partial charge is 0.573 e. The van der Waals surface area contributed by atoms with Gasteiger partial charge in [0.1, 0.15) is 89.0 Å². The lowest BCUT2D eigenvalue weighted by Crippen LogP contribution is -2.28. The Balaban J connectivity index is 0.000000128. The molecular weight excluding hydrogens is 1820 g/mol. The Labute approximate surface area is 818 Å². The summed E-state index contributed by atoms with van der Waals surface area (Å²) in [5.41, 5.74) is 41.2. The van der Waals surface area contributed by atoms with Gasteiger partial charge in [-0.15, -0.1) is 13.2 Å². The lowest BCUT2D eigenvalue weighted by Gasteiger charge is -2.26. The van der Waals surface area contributed by atoms with Gasteiger partial charge >= 0.3 is 6.36 Å². The van der Waals surface area contributed by atoms with Crippen LogP contribution in [0.15, 0.2) is 240 Å². The van der Waals surface area contributed by atoms with Crippen molar-refractivity contribution in [2.24, 2.45) is 58.3 Å². The highest BCUT2D eigenvalue weighted by Crippen LogP contribution is 2.39. The Bertz CT molecular complexity index is 6570. The zero-order valence-electron chi connectivity index (χ0n) is 79.0. The third kappa shape index (κ3) is 27.0. The van der Waals surface area contributed by atoms with E-state index < -0.39 is 18.0 Å². The Morgan fingerprint density at radius 1 is 0.324 bits per heavy atom. The number of aryl methyl sites for hydroxylation is 1. The number of nitrogens with two attached hydrogens (primary N) is 5. The lowest BCUT2D eigenvalue weighted by molar-refractivity contribution is -0.274. The molecule has 33 nitrogen and oxygen atoms in total. The van der Waals surface area contributed by atoms with Crippen LogP contribution < -0.4 is 61.8 Å². The molecule has 0 spiro atoms. The van der Waals surface area contributed by atoms with Crippen LogP contribution in [-0.2, 0) is 0 Å². The fourth-order valence-electron chi connectivity index (χ4n) is 17.9. The zero-order chi connectivity index (χ0) is 98.7. The minimum atomic E-state index is -4.80. The van der Waals surface area contributed by atoms with Gasteiger partial charge in [0.2, 0.25) is 0 Å². The molecular formula is C104H115F5N26O7. The summed E-state index contributed by atoms with van der Waals surface area (Å²) in [6.45, 7) is 5.14. The maximum absolute atomic E-state index is 14.0. The molecule has 10 aromatic heterocycles. The molecule has 0 atom stereocenters. The number of aromatic nitrogens is 20. The van der Waals surface area contributed by atoms with Crippen molar-refractivity contribution in [3.63, 3.8) is 0 Å². The van der Waals surface area contributed by atoms with Gasteiger partial charge in [-0.1, -0.05) is 60.7 Å². The average molecular weight is 1940 g/mol. The van der Waals surface area contributed by atoms with Gasteiger partial charge in [0.25, 0.3) is 0 Å². The van der Waals surface area contributed by atoms with E-state index in [0.717, 1.165) is 184 Å². The van der Waals surface area contributed by atoms with Crippen molar-refractivity contribution >= 4 is 0 Å². The molecule has 0 saturated heterocycles. The molecule has 15 aromatic rings. The van der Waals surface area contributed by atoms with Crippen LogP contribution in [0.3, 0.4) is 0 Å². The number of nitrogens with zero attached hydrogens (tertiary/aromatic N) is 21. The zero-order valence-corrected chi connectivity index (χ0v) is 79.0. The minimum Gasteiger partial charge on any atom is -0.494 e. The van der Waals surface area contributed by atoms with E-state index in [-0.39, 0.29) is 29.2 Å². The van der Waals surface area contributed by atoms with E-state index in [1.165, 1.54) is 90.5 Å². The fourth-order valence-corrected chi connectivity index (χ4v) is 17.9. The number of methoxy groups -OCH3 is 1. The first-order valence-corrected chi connectivity index (χ1v) is 47.9. The van der Waals surface area contributed by atoms with E-state index >= 15 is 0 Å². The van der Waals surface area contributed by atoms with Crippen LogP contribution in [0, 0.1) is 59.5 Å². The van der Waals surface area contributed by atoms with E-state index in [0.29, 0.717) is 143 Å². The van der Waals surface area contributed by atoms with Crippen molar-refractivity contribution in [3.05, 3.63) is 263 Å². The van der Waals surface area contributed by atoms with E-state index in [4.69, 9.17) is 57.1 Å². The topological polar surface area (TPSA) is 436 Å². The third-order valence-electron chi connectivity index (χ3n) is 26.0. The standard InChI is InChI=1S/C21H22F3N5O2.C21H22N6O.C21H25N5O2.C21H25N5O.C20H21F2N5O/c22-21(23,24)31-18-4-2-1-3-17(18)29-11-15(9-28-29)20-19(10-26-13-27-20)30-12-14-5-7-16(25)8-6-14;22-9-16-3-1-2-4-19(16)27-12-17(10-26-27)21-20(11-24-14-25-21)28-13-15-5-7-18(23)8-6-15;1-27-19-5-3-2-4-18(19)26-12-16(10-25-26)21-20(11-23-14-24-21)28-13-15-6-8-17(22)9-7-15;1-15-4-2-3-5-19(15)26-12-17(10-25-26)21-20(11-23-14-24-21)27-13-16-6-8-18(22)9-7-16;21-16-2-1-3-17(22)20(16)27-10-14(8-26-27)19-18(9-24-12-25-19)28-11-13-4-6-15(23)7-5-13/h1-4,9-11,13-14,16H,5-8,12,25H2;1-4,10-12,14-15,18H,5-8,13,23H2;2-5,10-12,14-15,17H,6-9,13,22H2,1H3;2-5,10-12,14,16,18H,6-9,13,22H2,1H3;1-3,8-10,12-13,15H,4-7,11,23H2. The van der Waals surface area contributed by atoms with Crippen LogP contribution in [0.2, 0.25) is 0 Å². The van der Waals surface area contributed by atoms with Gasteiger partial charge in [0.15, 0.2) is 46.1 Å². The van der Waals surface area contributed by atoms with Crippen molar-refractivity contribution in [2.75, 3.05) is 40.1 Å². The molecule has 10 N–H and O–H groups in total. The van der Waals surface area contributed by atoms with Gasteiger partial charge < -0.3 is 61.8 Å². The van der Waals surface area contributed by atoms with Crippen LogP contribution >= 0.6 is 0 Å². The first kappa shape index (κ1) is 100. The normalized spacial score (nSPS) is 19.4. The molecule has 0 aliphatic heterocycles. The molecule has 20 rings (SSSR count). The third-order valence-corrected chi connectivity index (χ3v) is 26.0. The van der Waals surface area contributed by atoms with Gasteiger partial charge in [-0.2, -0.15) is 30.8 Å². The molecule has 142 heavy (non-hydrogen) atoms. The van der Waals surface area contributed by atoms with Crippen LogP contribution in [0.4, 0.5) is 22.0 Å². The predicted octanol–water partition coefficient (Wildman–Crippen LogP) is 17.5. The van der Waals surface area contributed by atoms with Gasteiger partial charge in [0.05, 0.1) is 119 Å². The minimum absolute atomic E-state index is 0.154. The molecule has 0 bridgehead atoms. The van der Waals surface area contributed by atoms with Crippen molar-refractivity contribution in [1.82, 2.24) is 98.7 Å². The summed E-state index contributed by atoms with van der Waals surface area (Å²) < 4.78 is 114. The monoisotopic (exact) mass is 1930 g/mol. The molecule has 0 unspecified atom stereocenters. The number of alkyl halides is 3. The first-order valence-electron chi connectivity index (χ1n) is 47.9. The van der Waals surface area contributed by atoms with E-state index in [9.17, 15) is 27.2 Å². The molecule has 5 aliphatic carbocycles. The number of hydrogen-bond donors (Lipinski definition) is 5. The number of rotatable bonds is 27. The summed E-state index contributed by atoms with van der Waals surface area (Å²) in [5, 5.41) is 31.0. The van der Waals surface area contributed by atoms with Crippen molar-refractivity contribution in [3.8, 4) is 131 Å². The van der Waals surface area contributed by atoms with E-state index in [1.807, 2.05) is 84.1 Å². The molecule has 738 valence electrons. The summed E-state index contributed by atoms with van der Waals surface area (Å²) in [5.74, 6) is 4.53. The smallest absolute Gasteiger partial charge is 0.494 e. The molecule has 0 radical (unpaired) electrons. The number of benzene rings is 5. The van der Waals surface area contributed by atoms with Crippen molar-refractivity contribution in [2.45, 2.75) is 172 Å². The maximum atomic E-state index is 14.0. The highest BCUT2D eigenvalue weighted by atomic mass is 19.4. The maximum Gasteiger partial charge on any atom is 0.573 e. The first-order chi connectivity index (χ1) is 69.2. The van der Waals surface area contributed by atoms with Gasteiger partial charge in [0, 0.05) is 89.0 Å². The highest BCUT2D eigenvalue weighted by Gasteiger charge is 2.34. The number of para-hydroxylation sites is 7. The summed E-state index contributed by atoms with van der Waals surface area (Å²) in [6, 6.07) is 36.5. The second-order valence-corrected chi connectivity index (χ2v) is 36.2. The van der Waals surface area contributed by atoms with E-state index in [1.54, 1.807) is 84.5 Å². The number of ether oxygens (including phenoxy) is 7. The Morgan fingerprint density at radius 2 is 0.592 bits per heavy atom. The van der Waals surface area contributed by atoms with Gasteiger partial charge in [-0.25, -0.2) is 82.0 Å². The van der Waals surface area contributed by atoms with Gasteiger partial charge in [-0.05, 0) is 225 Å². The van der Waals surface area contributed by atoms with Crippen molar-refractivity contribution < 1.29 is 55.1 Å². The molecule has 0 amide bonds. The number of nitriles is 1.